The summed E-state index contributed by atoms with van der Waals surface area (Å²) in [5, 5.41) is 3.08. The van der Waals surface area contributed by atoms with Crippen LogP contribution in [0.4, 0.5) is 5.69 Å². The number of carbonyl (C=O) groups is 1. The number of thioether (sulfide) groups is 1. The number of benzene rings is 1. The average Bonchev–Trinajstić information content (AvgIpc) is 2.85. The van der Waals surface area contributed by atoms with Crippen LogP contribution in [0.3, 0.4) is 0 Å². The molecule has 1 aromatic rings. The minimum Gasteiger partial charge on any atom is -0.399 e. The molecule has 0 saturated heterocycles. The zero-order valence-corrected chi connectivity index (χ0v) is 12.4. The maximum Gasteiger partial charge on any atom is 0.233 e. The van der Waals surface area contributed by atoms with Crippen molar-refractivity contribution >= 4 is 23.4 Å². The number of nitrogens with one attached hydrogen (secondary N) is 1. The van der Waals surface area contributed by atoms with E-state index in [0.29, 0.717) is 6.04 Å². The molecule has 2 rings (SSSR count). The zero-order chi connectivity index (χ0) is 13.8. The fourth-order valence-electron chi connectivity index (χ4n) is 2.44. The number of nitrogens with two attached hydrogens (primary N) is 1. The second kappa shape index (κ2) is 6.33. The van der Waals surface area contributed by atoms with Gasteiger partial charge in [-0.25, -0.2) is 0 Å². The van der Waals surface area contributed by atoms with E-state index in [-0.39, 0.29) is 11.2 Å². The summed E-state index contributed by atoms with van der Waals surface area (Å²) < 4.78 is 0. The lowest BCUT2D eigenvalue weighted by molar-refractivity contribution is -0.120. The van der Waals surface area contributed by atoms with Crippen LogP contribution in [0.5, 0.6) is 0 Å². The first kappa shape index (κ1) is 14.3. The van der Waals surface area contributed by atoms with Gasteiger partial charge in [-0.05, 0) is 50.5 Å². The first-order chi connectivity index (χ1) is 9.06. The number of rotatable bonds is 4. The maximum absolute atomic E-state index is 12.1. The number of carbonyl (C=O) groups excluding carboxylic acids is 1. The summed E-state index contributed by atoms with van der Waals surface area (Å²) in [6.45, 7) is 3.99. The number of amides is 1. The summed E-state index contributed by atoms with van der Waals surface area (Å²) >= 11 is 1.60. The highest BCUT2D eigenvalue weighted by molar-refractivity contribution is 8.00. The van der Waals surface area contributed by atoms with Crippen LogP contribution in [0, 0.1) is 6.92 Å². The van der Waals surface area contributed by atoms with E-state index in [0.717, 1.165) is 29.0 Å². The van der Waals surface area contributed by atoms with Gasteiger partial charge < -0.3 is 11.1 Å². The predicted molar refractivity (Wildman–Crippen MR) is 81.3 cm³/mol. The van der Waals surface area contributed by atoms with E-state index in [4.69, 9.17) is 5.73 Å². The Morgan fingerprint density at radius 2 is 2.11 bits per heavy atom. The Morgan fingerprint density at radius 3 is 2.74 bits per heavy atom. The number of aryl methyl sites for hydroxylation is 1. The summed E-state index contributed by atoms with van der Waals surface area (Å²) in [6, 6.07) is 6.22. The molecule has 0 aromatic heterocycles. The fourth-order valence-corrected chi connectivity index (χ4v) is 3.38. The molecule has 1 aromatic carbocycles. The van der Waals surface area contributed by atoms with Crippen molar-refractivity contribution in [1.29, 1.82) is 0 Å². The minimum absolute atomic E-state index is 0.0667. The van der Waals surface area contributed by atoms with Gasteiger partial charge in [-0.2, -0.15) is 0 Å². The molecule has 104 valence electrons. The summed E-state index contributed by atoms with van der Waals surface area (Å²) in [7, 11) is 0. The van der Waals surface area contributed by atoms with Gasteiger partial charge >= 0.3 is 0 Å². The second-order valence-electron chi connectivity index (χ2n) is 5.27. The molecule has 1 saturated carbocycles. The van der Waals surface area contributed by atoms with Crippen LogP contribution >= 0.6 is 11.8 Å². The van der Waals surface area contributed by atoms with Crippen LogP contribution in [-0.4, -0.2) is 17.2 Å². The molecule has 19 heavy (non-hydrogen) atoms. The number of anilines is 1. The van der Waals surface area contributed by atoms with Crippen LogP contribution in [0.25, 0.3) is 0 Å². The van der Waals surface area contributed by atoms with E-state index in [1.54, 1.807) is 11.8 Å². The summed E-state index contributed by atoms with van der Waals surface area (Å²) in [6.07, 6.45) is 4.74. The van der Waals surface area contributed by atoms with Crippen molar-refractivity contribution in [3.8, 4) is 0 Å². The summed E-state index contributed by atoms with van der Waals surface area (Å²) in [5.74, 6) is 0.146. The Morgan fingerprint density at radius 1 is 1.42 bits per heavy atom. The summed E-state index contributed by atoms with van der Waals surface area (Å²) in [4.78, 5) is 13.3. The third-order valence-electron chi connectivity index (χ3n) is 3.57. The van der Waals surface area contributed by atoms with Crippen molar-refractivity contribution < 1.29 is 4.79 Å². The van der Waals surface area contributed by atoms with Crippen LogP contribution in [-0.2, 0) is 4.79 Å². The maximum atomic E-state index is 12.1. The lowest BCUT2D eigenvalue weighted by Gasteiger charge is -2.17. The zero-order valence-electron chi connectivity index (χ0n) is 11.6. The number of nitrogen functional groups attached to an aromatic ring is 1. The highest BCUT2D eigenvalue weighted by Crippen LogP contribution is 2.28. The molecule has 1 aliphatic carbocycles. The van der Waals surface area contributed by atoms with Gasteiger partial charge in [0.15, 0.2) is 0 Å². The normalized spacial score (nSPS) is 17.4. The average molecular weight is 278 g/mol. The van der Waals surface area contributed by atoms with Gasteiger partial charge in [0.1, 0.15) is 0 Å². The molecule has 1 atom stereocenters. The molecular formula is C15H22N2OS. The van der Waals surface area contributed by atoms with Crippen molar-refractivity contribution in [2.75, 3.05) is 5.73 Å². The van der Waals surface area contributed by atoms with E-state index in [2.05, 4.69) is 5.32 Å². The topological polar surface area (TPSA) is 55.1 Å². The molecule has 0 heterocycles. The number of hydrogen-bond acceptors (Lipinski definition) is 3. The third kappa shape index (κ3) is 3.90. The van der Waals surface area contributed by atoms with Crippen LogP contribution < -0.4 is 11.1 Å². The van der Waals surface area contributed by atoms with Crippen molar-refractivity contribution in [3.63, 3.8) is 0 Å². The molecule has 1 aliphatic rings. The molecule has 0 spiro atoms. The van der Waals surface area contributed by atoms with E-state index in [9.17, 15) is 4.79 Å². The lowest BCUT2D eigenvalue weighted by Crippen LogP contribution is -2.37. The monoisotopic (exact) mass is 278 g/mol. The van der Waals surface area contributed by atoms with Gasteiger partial charge in [0.2, 0.25) is 5.91 Å². The van der Waals surface area contributed by atoms with Gasteiger partial charge in [-0.1, -0.05) is 12.8 Å². The molecule has 3 nitrogen and oxygen atoms in total. The van der Waals surface area contributed by atoms with E-state index < -0.39 is 0 Å². The highest BCUT2D eigenvalue weighted by Gasteiger charge is 2.21. The van der Waals surface area contributed by atoms with Gasteiger partial charge in [-0.15, -0.1) is 11.8 Å². The van der Waals surface area contributed by atoms with Crippen LogP contribution in [0.1, 0.15) is 38.2 Å². The third-order valence-corrected chi connectivity index (χ3v) is 4.85. The largest absolute Gasteiger partial charge is 0.399 e. The van der Waals surface area contributed by atoms with Gasteiger partial charge in [0.05, 0.1) is 5.25 Å². The lowest BCUT2D eigenvalue weighted by atomic mass is 10.2. The fraction of sp³-hybridized carbons (Fsp3) is 0.533. The first-order valence-corrected chi connectivity index (χ1v) is 7.77. The molecule has 1 fully saturated rings. The van der Waals surface area contributed by atoms with Crippen LogP contribution in [0.2, 0.25) is 0 Å². The molecule has 0 aliphatic heterocycles. The van der Waals surface area contributed by atoms with Crippen molar-refractivity contribution in [2.24, 2.45) is 0 Å². The Hall–Kier alpha value is -1.16. The van der Waals surface area contributed by atoms with Crippen LogP contribution in [0.15, 0.2) is 23.1 Å². The smallest absolute Gasteiger partial charge is 0.233 e. The number of hydrogen-bond donors (Lipinski definition) is 2. The van der Waals surface area contributed by atoms with Gasteiger partial charge in [0, 0.05) is 16.6 Å². The summed E-state index contributed by atoms with van der Waals surface area (Å²) in [5.41, 5.74) is 7.64. The quantitative estimate of drug-likeness (QED) is 0.657. The molecular weight excluding hydrogens is 256 g/mol. The minimum atomic E-state index is -0.0667. The van der Waals surface area contributed by atoms with Gasteiger partial charge in [0.25, 0.3) is 0 Å². The highest BCUT2D eigenvalue weighted by atomic mass is 32.2. The Labute approximate surface area is 119 Å². The second-order valence-corrected chi connectivity index (χ2v) is 6.66. The SMILES string of the molecule is Cc1cc(N)ccc1SC(C)C(=O)NC1CCCC1. The van der Waals surface area contributed by atoms with Crippen molar-refractivity contribution in [1.82, 2.24) is 5.32 Å². The van der Waals surface area contributed by atoms with E-state index >= 15 is 0 Å². The predicted octanol–water partition coefficient (Wildman–Crippen LogP) is 3.12. The molecule has 1 unspecified atom stereocenters. The molecule has 3 N–H and O–H groups in total. The first-order valence-electron chi connectivity index (χ1n) is 6.89. The molecule has 4 heteroatoms. The Balaban J connectivity index is 1.92. The standard InChI is InChI=1S/C15H22N2OS/c1-10-9-12(16)7-8-14(10)19-11(2)15(18)17-13-5-3-4-6-13/h7-9,11,13H,3-6,16H2,1-2H3,(H,17,18). The van der Waals surface area contributed by atoms with E-state index in [1.165, 1.54) is 12.8 Å². The Kier molecular flexibility index (Phi) is 4.75. The van der Waals surface area contributed by atoms with Gasteiger partial charge in [-0.3, -0.25) is 4.79 Å². The molecule has 1 amide bonds. The molecule has 0 radical (unpaired) electrons. The van der Waals surface area contributed by atoms with Crippen molar-refractivity contribution in [3.05, 3.63) is 23.8 Å². The van der Waals surface area contributed by atoms with E-state index in [1.807, 2.05) is 32.0 Å². The molecule has 0 bridgehead atoms. The Bertz CT molecular complexity index is 455. The van der Waals surface area contributed by atoms with Crippen molar-refractivity contribution in [2.45, 2.75) is 55.7 Å².